The third-order valence-corrected chi connectivity index (χ3v) is 10.4. The molecule has 0 saturated carbocycles. The number of furan rings is 1. The van der Waals surface area contributed by atoms with Gasteiger partial charge in [-0.05, 0) is 90.6 Å². The van der Waals surface area contributed by atoms with Gasteiger partial charge in [-0.15, -0.1) is 0 Å². The summed E-state index contributed by atoms with van der Waals surface area (Å²) in [5.74, 6) is 0. The van der Waals surface area contributed by atoms with E-state index in [4.69, 9.17) is 4.42 Å². The van der Waals surface area contributed by atoms with Gasteiger partial charge in [0.05, 0.1) is 0 Å². The van der Waals surface area contributed by atoms with Gasteiger partial charge in [0.1, 0.15) is 11.2 Å². The van der Waals surface area contributed by atoms with Crippen LogP contribution in [0.2, 0.25) is 0 Å². The maximum Gasteiger partial charge on any atom is 0.136 e. The fraction of sp³-hybridized carbons (Fsp3) is 0. The van der Waals surface area contributed by atoms with Crippen LogP contribution in [-0.4, -0.2) is 0 Å². The van der Waals surface area contributed by atoms with E-state index in [-0.39, 0.29) is 0 Å². The van der Waals surface area contributed by atoms with Gasteiger partial charge in [-0.2, -0.15) is 0 Å². The molecule has 2 heteroatoms. The van der Waals surface area contributed by atoms with Gasteiger partial charge in [0.2, 0.25) is 0 Å². The SMILES string of the molecule is c1ccc2c(c1)Sc1ccc(-c3ccc(-c4cccc5oc6cc7ccccc7cc6c45)c4ccccc34)c3cccc-2c13. The lowest BCUT2D eigenvalue weighted by molar-refractivity contribution is 0.669. The smallest absolute Gasteiger partial charge is 0.136 e. The van der Waals surface area contributed by atoms with Crippen LogP contribution in [0, 0.1) is 0 Å². The summed E-state index contributed by atoms with van der Waals surface area (Å²) in [6.07, 6.45) is 0. The molecule has 0 bridgehead atoms. The maximum absolute atomic E-state index is 6.44. The summed E-state index contributed by atoms with van der Waals surface area (Å²) in [4.78, 5) is 2.65. The van der Waals surface area contributed by atoms with E-state index >= 15 is 0 Å². The second kappa shape index (κ2) is 9.09. The molecule has 1 aliphatic rings. The first kappa shape index (κ1) is 24.2. The van der Waals surface area contributed by atoms with Gasteiger partial charge in [0, 0.05) is 25.9 Å². The van der Waals surface area contributed by atoms with Crippen molar-refractivity contribution in [3.8, 4) is 33.4 Å². The van der Waals surface area contributed by atoms with E-state index in [0.717, 1.165) is 16.6 Å². The van der Waals surface area contributed by atoms with Crippen LogP contribution in [0.3, 0.4) is 0 Å². The topological polar surface area (TPSA) is 13.1 Å². The molecule has 2 heterocycles. The molecule has 0 radical (unpaired) electrons. The van der Waals surface area contributed by atoms with Crippen LogP contribution in [0.4, 0.5) is 0 Å². The van der Waals surface area contributed by atoms with Gasteiger partial charge in [0.15, 0.2) is 0 Å². The monoisotopic (exact) mass is 576 g/mol. The average Bonchev–Trinajstić information content (AvgIpc) is 3.45. The number of fused-ring (bicyclic) bond motifs is 7. The van der Waals surface area contributed by atoms with Gasteiger partial charge in [-0.1, -0.05) is 127 Å². The Morgan fingerprint density at radius 1 is 0.341 bits per heavy atom. The number of hydrogen-bond donors (Lipinski definition) is 0. The van der Waals surface area contributed by atoms with Crippen molar-refractivity contribution in [2.75, 3.05) is 0 Å². The Kier molecular flexibility index (Phi) is 5.00. The summed E-state index contributed by atoms with van der Waals surface area (Å²) in [7, 11) is 0. The van der Waals surface area contributed by atoms with Crippen molar-refractivity contribution in [3.63, 3.8) is 0 Å². The molecule has 1 nitrogen and oxygen atoms in total. The van der Waals surface area contributed by atoms with E-state index < -0.39 is 0 Å². The fourth-order valence-corrected chi connectivity index (χ4v) is 8.45. The summed E-state index contributed by atoms with van der Waals surface area (Å²) in [5.41, 5.74) is 9.43. The molecule has 0 saturated heterocycles. The second-order valence-electron chi connectivity index (χ2n) is 11.6. The lowest BCUT2D eigenvalue weighted by Crippen LogP contribution is -1.94. The van der Waals surface area contributed by atoms with Gasteiger partial charge in [-0.25, -0.2) is 0 Å². The highest BCUT2D eigenvalue weighted by atomic mass is 32.2. The van der Waals surface area contributed by atoms with E-state index in [9.17, 15) is 0 Å². The van der Waals surface area contributed by atoms with Crippen LogP contribution in [0.25, 0.3) is 87.6 Å². The Morgan fingerprint density at radius 2 is 0.932 bits per heavy atom. The molecule has 1 aliphatic heterocycles. The highest BCUT2D eigenvalue weighted by molar-refractivity contribution is 7.99. The summed E-state index contributed by atoms with van der Waals surface area (Å²) in [6.45, 7) is 0. The standard InChI is InChI=1S/C42H24OS/c1-2-10-26-24-38-36(23-25(26)9-1)41-33(16-8-17-37(41)43-38)30-20-19-29(27-11-3-4-12-28(27)30)31-21-22-40-42-34(31)14-7-15-35(42)32-13-5-6-18-39(32)44-40/h1-24H. The normalized spacial score (nSPS) is 12.5. The first-order valence-electron chi connectivity index (χ1n) is 15.0. The van der Waals surface area contributed by atoms with Crippen LogP contribution in [0.1, 0.15) is 0 Å². The minimum Gasteiger partial charge on any atom is -0.456 e. The Balaban J connectivity index is 1.23. The number of hydrogen-bond acceptors (Lipinski definition) is 2. The molecule has 9 aromatic rings. The first-order valence-corrected chi connectivity index (χ1v) is 15.8. The number of benzene rings is 8. The summed E-state index contributed by atoms with van der Waals surface area (Å²) in [6, 6.07) is 53.0. The second-order valence-corrected chi connectivity index (χ2v) is 12.7. The molecule has 8 aromatic carbocycles. The molecule has 0 N–H and O–H groups in total. The number of rotatable bonds is 2. The van der Waals surface area contributed by atoms with Gasteiger partial charge >= 0.3 is 0 Å². The lowest BCUT2D eigenvalue weighted by atomic mass is 9.87. The lowest BCUT2D eigenvalue weighted by Gasteiger charge is -2.22. The van der Waals surface area contributed by atoms with E-state index in [1.165, 1.54) is 80.9 Å². The fourth-order valence-electron chi connectivity index (χ4n) is 7.32. The molecule has 0 amide bonds. The third-order valence-electron chi connectivity index (χ3n) is 9.27. The summed E-state index contributed by atoms with van der Waals surface area (Å²) < 4.78 is 6.44. The van der Waals surface area contributed by atoms with E-state index in [0.29, 0.717) is 0 Å². The molecule has 204 valence electrons. The van der Waals surface area contributed by atoms with Crippen molar-refractivity contribution in [1.82, 2.24) is 0 Å². The Morgan fingerprint density at radius 3 is 1.77 bits per heavy atom. The molecule has 0 unspecified atom stereocenters. The predicted octanol–water partition coefficient (Wildman–Crippen LogP) is 12.5. The molecular formula is C42H24OS. The first-order chi connectivity index (χ1) is 21.8. The van der Waals surface area contributed by atoms with E-state index in [2.05, 4.69) is 146 Å². The molecule has 0 atom stereocenters. The quantitative estimate of drug-likeness (QED) is 0.203. The van der Waals surface area contributed by atoms with Crippen molar-refractivity contribution < 1.29 is 4.42 Å². The maximum atomic E-state index is 6.44. The summed E-state index contributed by atoms with van der Waals surface area (Å²) >= 11 is 1.88. The van der Waals surface area contributed by atoms with E-state index in [1.807, 2.05) is 11.8 Å². The molecule has 10 rings (SSSR count). The molecule has 0 fully saturated rings. The van der Waals surface area contributed by atoms with Crippen LogP contribution >= 0.6 is 11.8 Å². The van der Waals surface area contributed by atoms with Crippen molar-refractivity contribution in [3.05, 3.63) is 146 Å². The van der Waals surface area contributed by atoms with Crippen LogP contribution in [-0.2, 0) is 0 Å². The summed E-state index contributed by atoms with van der Waals surface area (Å²) in [5, 5.41) is 9.89. The van der Waals surface area contributed by atoms with Crippen molar-refractivity contribution >= 4 is 66.0 Å². The minimum absolute atomic E-state index is 0.919. The molecule has 0 spiro atoms. The third kappa shape index (κ3) is 3.37. The predicted molar refractivity (Wildman–Crippen MR) is 187 cm³/mol. The molecular weight excluding hydrogens is 553 g/mol. The van der Waals surface area contributed by atoms with Gasteiger partial charge < -0.3 is 4.42 Å². The van der Waals surface area contributed by atoms with Crippen LogP contribution < -0.4 is 0 Å². The zero-order valence-electron chi connectivity index (χ0n) is 23.7. The minimum atomic E-state index is 0.919. The van der Waals surface area contributed by atoms with Crippen molar-refractivity contribution in [2.24, 2.45) is 0 Å². The molecule has 1 aromatic heterocycles. The van der Waals surface area contributed by atoms with Crippen LogP contribution in [0.15, 0.2) is 160 Å². The van der Waals surface area contributed by atoms with Gasteiger partial charge in [-0.3, -0.25) is 0 Å². The van der Waals surface area contributed by atoms with Crippen molar-refractivity contribution in [1.29, 1.82) is 0 Å². The average molecular weight is 577 g/mol. The van der Waals surface area contributed by atoms with E-state index in [1.54, 1.807) is 0 Å². The Labute approximate surface area is 258 Å². The molecule has 44 heavy (non-hydrogen) atoms. The Hall–Kier alpha value is -5.31. The van der Waals surface area contributed by atoms with Gasteiger partial charge in [0.25, 0.3) is 0 Å². The Bertz CT molecular complexity index is 2640. The zero-order valence-corrected chi connectivity index (χ0v) is 24.5. The largest absolute Gasteiger partial charge is 0.456 e. The van der Waals surface area contributed by atoms with Crippen LogP contribution in [0.5, 0.6) is 0 Å². The van der Waals surface area contributed by atoms with Crippen molar-refractivity contribution in [2.45, 2.75) is 9.79 Å². The highest BCUT2D eigenvalue weighted by Gasteiger charge is 2.22. The zero-order chi connectivity index (χ0) is 28.8. The molecule has 0 aliphatic carbocycles. The highest BCUT2D eigenvalue weighted by Crippen LogP contribution is 2.50.